The van der Waals surface area contributed by atoms with Gasteiger partial charge in [0.25, 0.3) is 5.56 Å². The second-order valence-corrected chi connectivity index (χ2v) is 3.40. The lowest BCUT2D eigenvalue weighted by Crippen LogP contribution is -2.28. The molecule has 2 rings (SSSR count). The van der Waals surface area contributed by atoms with Crippen molar-refractivity contribution in [1.82, 2.24) is 15.1 Å². The molecule has 1 aromatic rings. The minimum atomic E-state index is -0.000648. The summed E-state index contributed by atoms with van der Waals surface area (Å²) in [6.07, 6.45) is 0.996. The van der Waals surface area contributed by atoms with Gasteiger partial charge in [-0.3, -0.25) is 4.79 Å². The molecule has 2 heterocycles. The smallest absolute Gasteiger partial charge is 0.267 e. The summed E-state index contributed by atoms with van der Waals surface area (Å²) in [5.41, 5.74) is 0.894. The third kappa shape index (κ3) is 1.62. The zero-order valence-corrected chi connectivity index (χ0v) is 7.66. The minimum Gasteiger partial charge on any atom is -0.315 e. The van der Waals surface area contributed by atoms with Crippen molar-refractivity contribution in [1.29, 1.82) is 0 Å². The van der Waals surface area contributed by atoms with E-state index in [4.69, 9.17) is 0 Å². The standard InChI is InChI=1S/C9H13N3O/c1-7-2-3-9(13)12(11-7)8-4-5-10-6-8/h2-3,8,10H,4-6H2,1H3. The van der Waals surface area contributed by atoms with E-state index in [0.717, 1.165) is 25.2 Å². The largest absolute Gasteiger partial charge is 0.315 e. The Morgan fingerprint density at radius 1 is 1.62 bits per heavy atom. The summed E-state index contributed by atoms with van der Waals surface area (Å²) in [4.78, 5) is 11.4. The Morgan fingerprint density at radius 3 is 3.15 bits per heavy atom. The number of rotatable bonds is 1. The summed E-state index contributed by atoms with van der Waals surface area (Å²) < 4.78 is 1.59. The normalized spacial score (nSPS) is 22.1. The Hall–Kier alpha value is -1.16. The van der Waals surface area contributed by atoms with E-state index < -0.39 is 0 Å². The van der Waals surface area contributed by atoms with Crippen molar-refractivity contribution in [2.24, 2.45) is 0 Å². The fraction of sp³-hybridized carbons (Fsp3) is 0.556. The molecule has 1 aromatic heterocycles. The van der Waals surface area contributed by atoms with Gasteiger partial charge >= 0.3 is 0 Å². The molecule has 1 aliphatic heterocycles. The molecule has 70 valence electrons. The number of aromatic nitrogens is 2. The molecule has 1 saturated heterocycles. The van der Waals surface area contributed by atoms with Crippen LogP contribution in [-0.4, -0.2) is 22.9 Å². The van der Waals surface area contributed by atoms with Crippen LogP contribution in [0.15, 0.2) is 16.9 Å². The number of nitrogens with one attached hydrogen (secondary N) is 1. The zero-order valence-electron chi connectivity index (χ0n) is 7.66. The average Bonchev–Trinajstić information content (AvgIpc) is 2.61. The van der Waals surface area contributed by atoms with Gasteiger partial charge in [-0.15, -0.1) is 0 Å². The molecule has 1 fully saturated rings. The van der Waals surface area contributed by atoms with E-state index in [9.17, 15) is 4.79 Å². The Kier molecular flexibility index (Phi) is 2.14. The number of hydrogen-bond donors (Lipinski definition) is 1. The lowest BCUT2D eigenvalue weighted by atomic mass is 10.2. The van der Waals surface area contributed by atoms with Crippen LogP contribution in [0.5, 0.6) is 0 Å². The Bertz CT molecular complexity index is 352. The fourth-order valence-electron chi connectivity index (χ4n) is 1.63. The molecule has 1 atom stereocenters. The maximum atomic E-state index is 11.4. The van der Waals surface area contributed by atoms with Gasteiger partial charge in [-0.1, -0.05) is 0 Å². The third-order valence-electron chi connectivity index (χ3n) is 2.34. The average molecular weight is 179 g/mol. The van der Waals surface area contributed by atoms with Gasteiger partial charge in [0, 0.05) is 12.6 Å². The van der Waals surface area contributed by atoms with Crippen molar-refractivity contribution >= 4 is 0 Å². The summed E-state index contributed by atoms with van der Waals surface area (Å²) in [6.45, 7) is 3.74. The third-order valence-corrected chi connectivity index (χ3v) is 2.34. The van der Waals surface area contributed by atoms with Crippen LogP contribution in [-0.2, 0) is 0 Å². The summed E-state index contributed by atoms with van der Waals surface area (Å²) in [5, 5.41) is 7.44. The molecular formula is C9H13N3O. The molecule has 0 amide bonds. The molecule has 0 saturated carbocycles. The van der Waals surface area contributed by atoms with Crippen molar-refractivity contribution in [2.75, 3.05) is 13.1 Å². The first-order valence-corrected chi connectivity index (χ1v) is 4.54. The molecule has 1 unspecified atom stereocenters. The maximum absolute atomic E-state index is 11.4. The molecule has 0 spiro atoms. The second-order valence-electron chi connectivity index (χ2n) is 3.40. The van der Waals surface area contributed by atoms with Gasteiger partial charge in [0.05, 0.1) is 11.7 Å². The van der Waals surface area contributed by atoms with Gasteiger partial charge in [-0.05, 0) is 26.0 Å². The Labute approximate surface area is 76.6 Å². The first-order valence-electron chi connectivity index (χ1n) is 4.54. The molecule has 1 N–H and O–H groups in total. The summed E-state index contributed by atoms with van der Waals surface area (Å²) in [6, 6.07) is 3.58. The molecule has 0 aromatic carbocycles. The van der Waals surface area contributed by atoms with Crippen LogP contribution in [0.4, 0.5) is 0 Å². The molecule has 4 heteroatoms. The molecule has 13 heavy (non-hydrogen) atoms. The van der Waals surface area contributed by atoms with E-state index in [1.807, 2.05) is 6.92 Å². The second kappa shape index (κ2) is 3.30. The monoisotopic (exact) mass is 179 g/mol. The first kappa shape index (κ1) is 8.44. The van der Waals surface area contributed by atoms with Crippen molar-refractivity contribution in [3.63, 3.8) is 0 Å². The maximum Gasteiger partial charge on any atom is 0.267 e. The molecule has 0 radical (unpaired) electrons. The van der Waals surface area contributed by atoms with Crippen LogP contribution in [0.2, 0.25) is 0 Å². The van der Waals surface area contributed by atoms with Gasteiger partial charge in [-0.25, -0.2) is 4.68 Å². The Morgan fingerprint density at radius 2 is 2.46 bits per heavy atom. The fourth-order valence-corrected chi connectivity index (χ4v) is 1.63. The molecular weight excluding hydrogens is 166 g/mol. The minimum absolute atomic E-state index is 0.000648. The summed E-state index contributed by atoms with van der Waals surface area (Å²) in [7, 11) is 0. The van der Waals surface area contributed by atoms with Gasteiger partial charge in [0.1, 0.15) is 0 Å². The number of aryl methyl sites for hydroxylation is 1. The van der Waals surface area contributed by atoms with Crippen molar-refractivity contribution in [3.05, 3.63) is 28.2 Å². The predicted octanol–water partition coefficient (Wildman–Crippen LogP) is 0.0861. The van der Waals surface area contributed by atoms with Crippen LogP contribution >= 0.6 is 0 Å². The van der Waals surface area contributed by atoms with Gasteiger partial charge in [0.2, 0.25) is 0 Å². The molecule has 1 aliphatic rings. The van der Waals surface area contributed by atoms with E-state index in [2.05, 4.69) is 10.4 Å². The first-order chi connectivity index (χ1) is 6.27. The van der Waals surface area contributed by atoms with Gasteiger partial charge in [0.15, 0.2) is 0 Å². The van der Waals surface area contributed by atoms with Gasteiger partial charge in [-0.2, -0.15) is 5.10 Å². The zero-order chi connectivity index (χ0) is 9.26. The molecule has 0 aliphatic carbocycles. The van der Waals surface area contributed by atoms with Crippen LogP contribution in [0.3, 0.4) is 0 Å². The van der Waals surface area contributed by atoms with E-state index in [1.165, 1.54) is 0 Å². The Balaban J connectivity index is 2.37. The van der Waals surface area contributed by atoms with Crippen molar-refractivity contribution < 1.29 is 0 Å². The van der Waals surface area contributed by atoms with Crippen LogP contribution < -0.4 is 10.9 Å². The van der Waals surface area contributed by atoms with Crippen LogP contribution in [0.25, 0.3) is 0 Å². The topological polar surface area (TPSA) is 46.9 Å². The van der Waals surface area contributed by atoms with E-state index in [1.54, 1.807) is 16.8 Å². The van der Waals surface area contributed by atoms with E-state index >= 15 is 0 Å². The number of hydrogen-bond acceptors (Lipinski definition) is 3. The highest BCUT2D eigenvalue weighted by molar-refractivity contribution is 4.98. The van der Waals surface area contributed by atoms with Crippen LogP contribution in [0.1, 0.15) is 18.2 Å². The summed E-state index contributed by atoms with van der Waals surface area (Å²) in [5.74, 6) is 0. The lowest BCUT2D eigenvalue weighted by molar-refractivity contribution is 0.461. The van der Waals surface area contributed by atoms with Crippen LogP contribution in [0, 0.1) is 6.92 Å². The highest BCUT2D eigenvalue weighted by Gasteiger charge is 2.17. The lowest BCUT2D eigenvalue weighted by Gasteiger charge is -2.10. The SMILES string of the molecule is Cc1ccc(=O)n(C2CCNC2)n1. The van der Waals surface area contributed by atoms with E-state index in [-0.39, 0.29) is 11.6 Å². The van der Waals surface area contributed by atoms with Gasteiger partial charge < -0.3 is 5.32 Å². The van der Waals surface area contributed by atoms with Crippen molar-refractivity contribution in [2.45, 2.75) is 19.4 Å². The molecule has 4 nitrogen and oxygen atoms in total. The van der Waals surface area contributed by atoms with Crippen molar-refractivity contribution in [3.8, 4) is 0 Å². The number of nitrogens with zero attached hydrogens (tertiary/aromatic N) is 2. The highest BCUT2D eigenvalue weighted by Crippen LogP contribution is 2.10. The molecule has 0 bridgehead atoms. The van der Waals surface area contributed by atoms with E-state index in [0.29, 0.717) is 0 Å². The highest BCUT2D eigenvalue weighted by atomic mass is 16.1. The quantitative estimate of drug-likeness (QED) is 0.664. The predicted molar refractivity (Wildman–Crippen MR) is 49.8 cm³/mol. The summed E-state index contributed by atoms with van der Waals surface area (Å²) >= 11 is 0.